The normalized spacial score (nSPS) is 15.5. The van der Waals surface area contributed by atoms with Gasteiger partial charge >= 0.3 is 0 Å². The van der Waals surface area contributed by atoms with Gasteiger partial charge in [0.25, 0.3) is 0 Å². The van der Waals surface area contributed by atoms with E-state index in [1.54, 1.807) is 7.11 Å². The lowest BCUT2D eigenvalue weighted by Gasteiger charge is -2.23. The Kier molecular flexibility index (Phi) is 3.18. The van der Waals surface area contributed by atoms with Crippen LogP contribution in [0.5, 0.6) is 17.2 Å². The summed E-state index contributed by atoms with van der Waals surface area (Å²) in [6.07, 6.45) is 2.62. The van der Waals surface area contributed by atoms with Gasteiger partial charge < -0.3 is 14.2 Å². The van der Waals surface area contributed by atoms with Crippen LogP contribution in [0.1, 0.15) is 33.6 Å². The van der Waals surface area contributed by atoms with Gasteiger partial charge in [-0.05, 0) is 45.7 Å². The number of hydrogen-bond acceptors (Lipinski definition) is 3. The smallest absolute Gasteiger partial charge is 0.203 e. The summed E-state index contributed by atoms with van der Waals surface area (Å²) in [5.74, 6) is 2.20. The molecule has 0 spiro atoms. The van der Waals surface area contributed by atoms with Gasteiger partial charge in [-0.3, -0.25) is 0 Å². The van der Waals surface area contributed by atoms with Crippen LogP contribution in [0.15, 0.2) is 18.2 Å². The number of hydrogen-bond donors (Lipinski definition) is 0. The Labute approximate surface area is 103 Å². The molecule has 0 unspecified atom stereocenters. The van der Waals surface area contributed by atoms with Crippen molar-refractivity contribution in [2.24, 2.45) is 0 Å². The van der Waals surface area contributed by atoms with E-state index in [2.05, 4.69) is 0 Å². The first-order chi connectivity index (χ1) is 7.99. The number of benzene rings is 1. The average molecular weight is 236 g/mol. The Bertz CT molecular complexity index is 389. The summed E-state index contributed by atoms with van der Waals surface area (Å²) in [5.41, 5.74) is -0.245. The minimum absolute atomic E-state index is 0.245. The maximum Gasteiger partial charge on any atom is 0.203 e. The van der Waals surface area contributed by atoms with E-state index in [0.717, 1.165) is 24.3 Å². The van der Waals surface area contributed by atoms with E-state index in [9.17, 15) is 0 Å². The van der Waals surface area contributed by atoms with Crippen LogP contribution >= 0.6 is 0 Å². The fourth-order valence-corrected chi connectivity index (χ4v) is 1.57. The molecule has 0 heterocycles. The first-order valence-electron chi connectivity index (χ1n) is 6.02. The molecule has 1 aliphatic rings. The molecule has 0 aromatic heterocycles. The lowest BCUT2D eigenvalue weighted by molar-refractivity contribution is 0.124. The predicted octanol–water partition coefficient (Wildman–Crippen LogP) is 3.41. The zero-order valence-electron chi connectivity index (χ0n) is 10.9. The summed E-state index contributed by atoms with van der Waals surface area (Å²) in [6.45, 7) is 6.04. The zero-order valence-corrected chi connectivity index (χ0v) is 10.9. The van der Waals surface area contributed by atoms with Gasteiger partial charge in [-0.2, -0.15) is 0 Å². The molecule has 0 aliphatic heterocycles. The summed E-state index contributed by atoms with van der Waals surface area (Å²) in [7, 11) is 1.64. The molecule has 1 aliphatic carbocycles. The maximum atomic E-state index is 5.86. The molecular weight excluding hydrogens is 216 g/mol. The van der Waals surface area contributed by atoms with Crippen molar-refractivity contribution < 1.29 is 14.2 Å². The van der Waals surface area contributed by atoms with Crippen LogP contribution in [0.2, 0.25) is 0 Å². The summed E-state index contributed by atoms with van der Waals surface area (Å²) in [5, 5.41) is 0. The first kappa shape index (κ1) is 12.1. The van der Waals surface area contributed by atoms with Crippen molar-refractivity contribution in [3.63, 3.8) is 0 Å². The minimum atomic E-state index is -0.245. The molecule has 0 amide bonds. The first-order valence-corrected chi connectivity index (χ1v) is 6.02. The molecule has 3 nitrogen and oxygen atoms in total. The molecule has 0 bridgehead atoms. The molecule has 94 valence electrons. The third kappa shape index (κ3) is 3.29. The quantitative estimate of drug-likeness (QED) is 0.801. The van der Waals surface area contributed by atoms with Crippen LogP contribution in [0.4, 0.5) is 0 Å². The molecule has 0 saturated heterocycles. The van der Waals surface area contributed by atoms with Crippen LogP contribution in [0.3, 0.4) is 0 Å². The molecule has 3 heteroatoms. The fraction of sp³-hybridized carbons (Fsp3) is 0.571. The minimum Gasteiger partial charge on any atom is -0.490 e. The van der Waals surface area contributed by atoms with Gasteiger partial charge in [0.2, 0.25) is 5.75 Å². The summed E-state index contributed by atoms with van der Waals surface area (Å²) >= 11 is 0. The molecule has 0 N–H and O–H groups in total. The molecule has 1 saturated carbocycles. The molecule has 17 heavy (non-hydrogen) atoms. The highest BCUT2D eigenvalue weighted by atomic mass is 16.5. The molecule has 0 radical (unpaired) electrons. The second-order valence-corrected chi connectivity index (χ2v) is 5.32. The van der Waals surface area contributed by atoms with E-state index in [4.69, 9.17) is 14.2 Å². The monoisotopic (exact) mass is 236 g/mol. The van der Waals surface area contributed by atoms with E-state index in [1.807, 2.05) is 39.0 Å². The van der Waals surface area contributed by atoms with E-state index in [1.165, 1.54) is 0 Å². The van der Waals surface area contributed by atoms with Crippen molar-refractivity contribution in [3.8, 4) is 17.2 Å². The second-order valence-electron chi connectivity index (χ2n) is 5.32. The molecule has 1 aromatic rings. The van der Waals surface area contributed by atoms with Gasteiger partial charge in [0, 0.05) is 0 Å². The Morgan fingerprint density at radius 3 is 2.29 bits per heavy atom. The highest BCUT2D eigenvalue weighted by Gasteiger charge is 2.26. The Morgan fingerprint density at radius 1 is 1.12 bits per heavy atom. The molecular formula is C14H20O3. The van der Waals surface area contributed by atoms with Crippen molar-refractivity contribution in [1.29, 1.82) is 0 Å². The lowest BCUT2D eigenvalue weighted by atomic mass is 10.2. The summed E-state index contributed by atoms with van der Waals surface area (Å²) < 4.78 is 17.1. The highest BCUT2D eigenvalue weighted by molar-refractivity contribution is 5.51. The van der Waals surface area contributed by atoms with Gasteiger partial charge in [0.15, 0.2) is 11.5 Å². The van der Waals surface area contributed by atoms with Crippen molar-refractivity contribution in [1.82, 2.24) is 0 Å². The summed E-state index contributed by atoms with van der Waals surface area (Å²) in [6, 6.07) is 5.76. The average Bonchev–Trinajstić information content (AvgIpc) is 2.99. The number of rotatable bonds is 4. The Hall–Kier alpha value is -1.38. The number of para-hydroxylation sites is 1. The van der Waals surface area contributed by atoms with Crippen LogP contribution < -0.4 is 14.2 Å². The van der Waals surface area contributed by atoms with E-state index in [0.29, 0.717) is 11.9 Å². The van der Waals surface area contributed by atoms with Crippen LogP contribution in [0, 0.1) is 0 Å². The van der Waals surface area contributed by atoms with Crippen LogP contribution in [-0.4, -0.2) is 18.8 Å². The maximum absolute atomic E-state index is 5.86. The fourth-order valence-electron chi connectivity index (χ4n) is 1.57. The van der Waals surface area contributed by atoms with Crippen molar-refractivity contribution in [3.05, 3.63) is 18.2 Å². The van der Waals surface area contributed by atoms with Crippen molar-refractivity contribution >= 4 is 0 Å². The van der Waals surface area contributed by atoms with Gasteiger partial charge in [0.1, 0.15) is 5.60 Å². The van der Waals surface area contributed by atoms with E-state index < -0.39 is 0 Å². The zero-order chi connectivity index (χ0) is 12.5. The van der Waals surface area contributed by atoms with Crippen molar-refractivity contribution in [2.45, 2.75) is 45.3 Å². The highest BCUT2D eigenvalue weighted by Crippen LogP contribution is 2.41. The van der Waals surface area contributed by atoms with Gasteiger partial charge in [-0.15, -0.1) is 0 Å². The third-order valence-corrected chi connectivity index (χ3v) is 2.38. The Morgan fingerprint density at radius 2 is 1.76 bits per heavy atom. The molecule has 2 rings (SSSR count). The number of methoxy groups -OCH3 is 1. The SMILES string of the molecule is COc1c(OC2CC2)cccc1OC(C)(C)C. The predicted molar refractivity (Wildman–Crippen MR) is 67.0 cm³/mol. The second kappa shape index (κ2) is 4.47. The van der Waals surface area contributed by atoms with E-state index >= 15 is 0 Å². The topological polar surface area (TPSA) is 27.7 Å². The molecule has 1 aromatic carbocycles. The standard InChI is InChI=1S/C14H20O3/c1-14(2,3)17-12-7-5-6-11(13(12)15-4)16-10-8-9-10/h5-7,10H,8-9H2,1-4H3. The van der Waals surface area contributed by atoms with Crippen LogP contribution in [-0.2, 0) is 0 Å². The largest absolute Gasteiger partial charge is 0.490 e. The lowest BCUT2D eigenvalue weighted by Crippen LogP contribution is -2.23. The van der Waals surface area contributed by atoms with Crippen molar-refractivity contribution in [2.75, 3.05) is 7.11 Å². The van der Waals surface area contributed by atoms with E-state index in [-0.39, 0.29) is 5.60 Å². The van der Waals surface area contributed by atoms with Gasteiger partial charge in [-0.1, -0.05) is 6.07 Å². The van der Waals surface area contributed by atoms with Gasteiger partial charge in [-0.25, -0.2) is 0 Å². The number of ether oxygens (including phenoxy) is 3. The molecule has 0 atom stereocenters. The van der Waals surface area contributed by atoms with Crippen LogP contribution in [0.25, 0.3) is 0 Å². The van der Waals surface area contributed by atoms with Gasteiger partial charge in [0.05, 0.1) is 13.2 Å². The molecule has 1 fully saturated rings. The Balaban J connectivity index is 2.24. The third-order valence-electron chi connectivity index (χ3n) is 2.38. The summed E-state index contributed by atoms with van der Waals surface area (Å²) in [4.78, 5) is 0.